The minimum Gasteiger partial charge on any atom is -0.356 e. The average molecular weight is 212 g/mol. The lowest BCUT2D eigenvalue weighted by Crippen LogP contribution is -2.36. The highest BCUT2D eigenvalue weighted by molar-refractivity contribution is 5.81. The summed E-state index contributed by atoms with van der Waals surface area (Å²) in [6.45, 7) is 10.3. The molecule has 3 nitrogen and oxygen atoms in total. The molecule has 1 N–H and O–H groups in total. The number of hydrogen-bond acceptors (Lipinski definition) is 2. The van der Waals surface area contributed by atoms with E-state index in [4.69, 9.17) is 0 Å². The van der Waals surface area contributed by atoms with Crippen molar-refractivity contribution in [3.05, 3.63) is 0 Å². The van der Waals surface area contributed by atoms with Crippen molar-refractivity contribution in [2.24, 2.45) is 5.41 Å². The molecule has 1 heterocycles. The highest BCUT2D eigenvalue weighted by Crippen LogP contribution is 2.12. The Balaban J connectivity index is 2.03. The van der Waals surface area contributed by atoms with Gasteiger partial charge in [-0.15, -0.1) is 0 Å². The van der Waals surface area contributed by atoms with E-state index < -0.39 is 0 Å². The van der Waals surface area contributed by atoms with Crippen molar-refractivity contribution in [3.8, 4) is 0 Å². The summed E-state index contributed by atoms with van der Waals surface area (Å²) in [4.78, 5) is 14.0. The molecule has 0 aromatic heterocycles. The molecule has 0 radical (unpaired) electrons. The Morgan fingerprint density at radius 3 is 2.40 bits per heavy atom. The third-order valence-electron chi connectivity index (χ3n) is 2.82. The van der Waals surface area contributed by atoms with Gasteiger partial charge in [0.25, 0.3) is 0 Å². The number of carbonyl (C=O) groups is 1. The zero-order valence-electron chi connectivity index (χ0n) is 10.3. The van der Waals surface area contributed by atoms with Crippen molar-refractivity contribution in [1.82, 2.24) is 10.2 Å². The van der Waals surface area contributed by atoms with Crippen LogP contribution in [0.5, 0.6) is 0 Å². The second-order valence-corrected chi connectivity index (χ2v) is 5.41. The molecule has 0 aromatic rings. The van der Waals surface area contributed by atoms with Crippen LogP contribution >= 0.6 is 0 Å². The highest BCUT2D eigenvalue weighted by atomic mass is 16.2. The summed E-state index contributed by atoms with van der Waals surface area (Å²) in [6.07, 6.45) is 3.75. The van der Waals surface area contributed by atoms with Gasteiger partial charge >= 0.3 is 0 Å². The fourth-order valence-corrected chi connectivity index (χ4v) is 1.78. The Morgan fingerprint density at radius 2 is 1.87 bits per heavy atom. The standard InChI is InChI=1S/C12H24N2O/c1-12(2,3)11(15)13-7-6-10-14-8-4-5-9-14/h4-10H2,1-3H3,(H,13,15). The Bertz CT molecular complexity index is 202. The zero-order valence-corrected chi connectivity index (χ0v) is 10.3. The molecule has 0 saturated carbocycles. The molecule has 1 aliphatic rings. The Kier molecular flexibility index (Phi) is 4.58. The van der Waals surface area contributed by atoms with E-state index >= 15 is 0 Å². The lowest BCUT2D eigenvalue weighted by atomic mass is 9.96. The van der Waals surface area contributed by atoms with E-state index in [1.165, 1.54) is 25.9 Å². The van der Waals surface area contributed by atoms with Crippen molar-refractivity contribution >= 4 is 5.91 Å². The van der Waals surface area contributed by atoms with Gasteiger partial charge in [-0.3, -0.25) is 4.79 Å². The van der Waals surface area contributed by atoms with Crippen LogP contribution in [0.25, 0.3) is 0 Å². The number of likely N-dealkylation sites (tertiary alicyclic amines) is 1. The van der Waals surface area contributed by atoms with Crippen LogP contribution in [0.4, 0.5) is 0 Å². The molecule has 0 bridgehead atoms. The topological polar surface area (TPSA) is 32.3 Å². The van der Waals surface area contributed by atoms with E-state index in [-0.39, 0.29) is 11.3 Å². The first kappa shape index (κ1) is 12.5. The molecule has 15 heavy (non-hydrogen) atoms. The van der Waals surface area contributed by atoms with Gasteiger partial charge < -0.3 is 10.2 Å². The molecular weight excluding hydrogens is 188 g/mol. The van der Waals surface area contributed by atoms with Crippen LogP contribution in [-0.4, -0.2) is 37.0 Å². The molecule has 0 spiro atoms. The van der Waals surface area contributed by atoms with Gasteiger partial charge in [0, 0.05) is 12.0 Å². The lowest BCUT2D eigenvalue weighted by molar-refractivity contribution is -0.128. The molecule has 0 aliphatic carbocycles. The number of rotatable bonds is 4. The minimum atomic E-state index is -0.256. The van der Waals surface area contributed by atoms with E-state index in [0.717, 1.165) is 19.5 Å². The van der Waals surface area contributed by atoms with Crippen molar-refractivity contribution in [1.29, 1.82) is 0 Å². The van der Waals surface area contributed by atoms with Crippen LogP contribution in [0.1, 0.15) is 40.0 Å². The maximum Gasteiger partial charge on any atom is 0.225 e. The third kappa shape index (κ3) is 4.65. The summed E-state index contributed by atoms with van der Waals surface area (Å²) in [5.41, 5.74) is -0.256. The largest absolute Gasteiger partial charge is 0.356 e. The second-order valence-electron chi connectivity index (χ2n) is 5.41. The Hall–Kier alpha value is -0.570. The smallest absolute Gasteiger partial charge is 0.225 e. The van der Waals surface area contributed by atoms with Crippen molar-refractivity contribution < 1.29 is 4.79 Å². The highest BCUT2D eigenvalue weighted by Gasteiger charge is 2.20. The van der Waals surface area contributed by atoms with Gasteiger partial charge in [-0.1, -0.05) is 20.8 Å². The van der Waals surface area contributed by atoms with Crippen LogP contribution in [0, 0.1) is 5.41 Å². The van der Waals surface area contributed by atoms with E-state index in [1.807, 2.05) is 20.8 Å². The van der Waals surface area contributed by atoms with E-state index in [0.29, 0.717) is 0 Å². The Morgan fingerprint density at radius 1 is 1.27 bits per heavy atom. The van der Waals surface area contributed by atoms with E-state index in [2.05, 4.69) is 10.2 Å². The fraction of sp³-hybridized carbons (Fsp3) is 0.917. The van der Waals surface area contributed by atoms with Gasteiger partial charge in [-0.2, -0.15) is 0 Å². The number of nitrogens with zero attached hydrogens (tertiary/aromatic N) is 1. The summed E-state index contributed by atoms with van der Waals surface area (Å²) in [5, 5.41) is 2.98. The first-order valence-electron chi connectivity index (χ1n) is 6.01. The molecular formula is C12H24N2O. The molecule has 0 aromatic carbocycles. The van der Waals surface area contributed by atoms with Gasteiger partial charge in [0.05, 0.1) is 0 Å². The Labute approximate surface area is 93.2 Å². The lowest BCUT2D eigenvalue weighted by Gasteiger charge is -2.19. The first-order valence-corrected chi connectivity index (χ1v) is 6.01. The molecule has 1 fully saturated rings. The van der Waals surface area contributed by atoms with Gasteiger partial charge in [0.1, 0.15) is 0 Å². The number of amides is 1. The maximum absolute atomic E-state index is 11.5. The van der Waals surface area contributed by atoms with Gasteiger partial charge in [-0.25, -0.2) is 0 Å². The molecule has 1 aliphatic heterocycles. The van der Waals surface area contributed by atoms with Crippen molar-refractivity contribution in [2.75, 3.05) is 26.2 Å². The summed E-state index contributed by atoms with van der Waals surface area (Å²) >= 11 is 0. The SMILES string of the molecule is CC(C)(C)C(=O)NCCCN1CCCC1. The normalized spacial score (nSPS) is 18.1. The first-order chi connectivity index (χ1) is 7.00. The molecule has 1 saturated heterocycles. The van der Waals surface area contributed by atoms with Crippen LogP contribution in [-0.2, 0) is 4.79 Å². The van der Waals surface area contributed by atoms with Gasteiger partial charge in [0.2, 0.25) is 5.91 Å². The van der Waals surface area contributed by atoms with Gasteiger partial charge in [0.15, 0.2) is 0 Å². The molecule has 3 heteroatoms. The monoisotopic (exact) mass is 212 g/mol. The molecule has 0 unspecified atom stereocenters. The maximum atomic E-state index is 11.5. The van der Waals surface area contributed by atoms with E-state index in [9.17, 15) is 4.79 Å². The van der Waals surface area contributed by atoms with Crippen LogP contribution in [0.2, 0.25) is 0 Å². The van der Waals surface area contributed by atoms with E-state index in [1.54, 1.807) is 0 Å². The fourth-order valence-electron chi connectivity index (χ4n) is 1.78. The number of hydrogen-bond donors (Lipinski definition) is 1. The quantitative estimate of drug-likeness (QED) is 0.718. The summed E-state index contributed by atoms with van der Waals surface area (Å²) < 4.78 is 0. The van der Waals surface area contributed by atoms with Crippen molar-refractivity contribution in [2.45, 2.75) is 40.0 Å². The molecule has 1 amide bonds. The molecule has 1 rings (SSSR count). The second kappa shape index (κ2) is 5.50. The predicted octanol–water partition coefficient (Wildman–Crippen LogP) is 1.63. The summed E-state index contributed by atoms with van der Waals surface area (Å²) in [5.74, 6) is 0.156. The van der Waals surface area contributed by atoms with Crippen LogP contribution in [0.3, 0.4) is 0 Å². The molecule has 0 atom stereocenters. The average Bonchev–Trinajstić information content (AvgIpc) is 2.63. The zero-order chi connectivity index (χ0) is 11.3. The third-order valence-corrected chi connectivity index (χ3v) is 2.82. The number of carbonyl (C=O) groups excluding carboxylic acids is 1. The number of nitrogens with one attached hydrogen (secondary N) is 1. The molecule has 88 valence electrons. The van der Waals surface area contributed by atoms with Crippen LogP contribution in [0.15, 0.2) is 0 Å². The minimum absolute atomic E-state index is 0.156. The van der Waals surface area contributed by atoms with Gasteiger partial charge in [-0.05, 0) is 38.9 Å². The predicted molar refractivity (Wildman–Crippen MR) is 62.8 cm³/mol. The summed E-state index contributed by atoms with van der Waals surface area (Å²) in [6, 6.07) is 0. The van der Waals surface area contributed by atoms with Crippen LogP contribution < -0.4 is 5.32 Å². The van der Waals surface area contributed by atoms with Crippen molar-refractivity contribution in [3.63, 3.8) is 0 Å². The summed E-state index contributed by atoms with van der Waals surface area (Å²) in [7, 11) is 0.